The van der Waals surface area contributed by atoms with E-state index in [0.29, 0.717) is 23.6 Å². The minimum absolute atomic E-state index is 0.0384. The van der Waals surface area contributed by atoms with E-state index in [9.17, 15) is 0 Å². The van der Waals surface area contributed by atoms with Crippen molar-refractivity contribution < 1.29 is 0 Å². The van der Waals surface area contributed by atoms with Crippen LogP contribution in [0.3, 0.4) is 0 Å². The topological polar surface area (TPSA) is 41.6 Å². The minimum atomic E-state index is 0.0384. The van der Waals surface area contributed by atoms with Gasteiger partial charge in [-0.2, -0.15) is 0 Å². The van der Waals surface area contributed by atoms with E-state index in [1.54, 1.807) is 0 Å². The molecule has 1 aromatic carbocycles. The number of nitrogens with zero attached hydrogens (tertiary/aromatic N) is 2. The summed E-state index contributed by atoms with van der Waals surface area (Å²) >= 11 is 12.4. The van der Waals surface area contributed by atoms with Crippen molar-refractivity contribution in [2.75, 3.05) is 13.6 Å². The summed E-state index contributed by atoms with van der Waals surface area (Å²) in [5.74, 6) is 0.647. The van der Waals surface area contributed by atoms with Crippen LogP contribution in [0.1, 0.15) is 37.7 Å². The second-order valence-corrected chi connectivity index (χ2v) is 7.12. The van der Waals surface area contributed by atoms with Crippen LogP contribution in [0, 0.1) is 0 Å². The van der Waals surface area contributed by atoms with Gasteiger partial charge in [-0.3, -0.25) is 4.99 Å². The van der Waals surface area contributed by atoms with Gasteiger partial charge < -0.3 is 10.6 Å². The molecule has 114 valence electrons. The molecule has 2 fully saturated rings. The number of benzene rings is 1. The fraction of sp³-hybridized carbons (Fsp3) is 0.562. The van der Waals surface area contributed by atoms with E-state index < -0.39 is 0 Å². The van der Waals surface area contributed by atoms with E-state index in [4.69, 9.17) is 28.9 Å². The predicted molar refractivity (Wildman–Crippen MR) is 89.3 cm³/mol. The highest BCUT2D eigenvalue weighted by atomic mass is 35.5. The third-order valence-corrected chi connectivity index (χ3v) is 5.36. The zero-order valence-corrected chi connectivity index (χ0v) is 13.8. The minimum Gasteiger partial charge on any atom is -0.370 e. The smallest absolute Gasteiger partial charge is 0.191 e. The van der Waals surface area contributed by atoms with E-state index in [1.807, 2.05) is 25.2 Å². The van der Waals surface area contributed by atoms with E-state index >= 15 is 0 Å². The summed E-state index contributed by atoms with van der Waals surface area (Å²) in [4.78, 5) is 6.74. The van der Waals surface area contributed by atoms with Crippen LogP contribution in [0.2, 0.25) is 10.0 Å². The molecule has 0 saturated heterocycles. The molecule has 3 rings (SSSR count). The number of nitrogens with two attached hydrogens (primary N) is 1. The number of aliphatic imine (C=N–C) groups is 1. The Labute approximate surface area is 136 Å². The summed E-state index contributed by atoms with van der Waals surface area (Å²) in [7, 11) is 2.03. The summed E-state index contributed by atoms with van der Waals surface area (Å²) in [6.45, 7) is 0.706. The zero-order chi connectivity index (χ0) is 15.0. The van der Waals surface area contributed by atoms with Crippen molar-refractivity contribution in [1.29, 1.82) is 0 Å². The van der Waals surface area contributed by atoms with Crippen LogP contribution >= 0.6 is 23.2 Å². The van der Waals surface area contributed by atoms with Crippen LogP contribution < -0.4 is 5.73 Å². The fourth-order valence-electron chi connectivity index (χ4n) is 3.03. The van der Waals surface area contributed by atoms with Gasteiger partial charge in [0.05, 0.1) is 6.54 Å². The van der Waals surface area contributed by atoms with E-state index in [2.05, 4.69) is 9.89 Å². The van der Waals surface area contributed by atoms with Gasteiger partial charge in [-0.05, 0) is 43.4 Å². The molecule has 0 unspecified atom stereocenters. The molecule has 2 N–H and O–H groups in total. The van der Waals surface area contributed by atoms with E-state index in [1.165, 1.54) is 19.3 Å². The average molecular weight is 326 g/mol. The first-order valence-corrected chi connectivity index (χ1v) is 8.26. The van der Waals surface area contributed by atoms with Crippen molar-refractivity contribution in [3.63, 3.8) is 0 Å². The Balaban J connectivity index is 1.78. The summed E-state index contributed by atoms with van der Waals surface area (Å²) < 4.78 is 0. The lowest BCUT2D eigenvalue weighted by Crippen LogP contribution is -2.41. The Morgan fingerprint density at radius 1 is 1.38 bits per heavy atom. The van der Waals surface area contributed by atoms with Crippen molar-refractivity contribution in [2.45, 2.75) is 43.6 Å². The highest BCUT2D eigenvalue weighted by Gasteiger charge is 2.40. The fourth-order valence-corrected chi connectivity index (χ4v) is 3.64. The summed E-state index contributed by atoms with van der Waals surface area (Å²) in [6.07, 6.45) is 5.88. The normalized spacial score (nSPS) is 21.0. The Kier molecular flexibility index (Phi) is 4.06. The Morgan fingerprint density at radius 3 is 2.62 bits per heavy atom. The second kappa shape index (κ2) is 5.69. The molecule has 0 amide bonds. The first kappa shape index (κ1) is 15.0. The molecule has 5 heteroatoms. The molecule has 1 aromatic rings. The number of rotatable bonds is 4. The van der Waals surface area contributed by atoms with Crippen molar-refractivity contribution in [3.8, 4) is 0 Å². The predicted octanol–water partition coefficient (Wildman–Crippen LogP) is 3.82. The molecule has 0 spiro atoms. The zero-order valence-electron chi connectivity index (χ0n) is 12.3. The number of hydrogen-bond acceptors (Lipinski definition) is 1. The van der Waals surface area contributed by atoms with Crippen molar-refractivity contribution >= 4 is 29.2 Å². The van der Waals surface area contributed by atoms with Gasteiger partial charge in [0.15, 0.2) is 5.96 Å². The largest absolute Gasteiger partial charge is 0.370 e. The van der Waals surface area contributed by atoms with Gasteiger partial charge in [0.25, 0.3) is 0 Å². The maximum absolute atomic E-state index is 6.39. The maximum atomic E-state index is 6.39. The lowest BCUT2D eigenvalue weighted by Gasteiger charge is -2.42. The van der Waals surface area contributed by atoms with Crippen LogP contribution in [-0.2, 0) is 5.41 Å². The molecule has 2 aliphatic rings. The van der Waals surface area contributed by atoms with Crippen LogP contribution in [0.15, 0.2) is 23.2 Å². The standard InChI is InChI=1S/C16H21Cl2N3/c1-21(12-4-5-12)15(19)20-10-16(7-2-8-16)13-6-3-11(17)9-14(13)18/h3,6,9,12H,2,4-5,7-8,10H2,1H3,(H2,19,20). The quantitative estimate of drug-likeness (QED) is 0.675. The number of halogens is 2. The SMILES string of the molecule is CN(C(N)=NCC1(c2ccc(Cl)cc2Cl)CCC1)C1CC1. The lowest BCUT2D eigenvalue weighted by molar-refractivity contribution is 0.253. The monoisotopic (exact) mass is 325 g/mol. The number of hydrogen-bond donors (Lipinski definition) is 1. The molecule has 21 heavy (non-hydrogen) atoms. The van der Waals surface area contributed by atoms with Gasteiger partial charge in [0.1, 0.15) is 0 Å². The Morgan fingerprint density at radius 2 is 2.10 bits per heavy atom. The molecular formula is C16H21Cl2N3. The highest BCUT2D eigenvalue weighted by molar-refractivity contribution is 6.35. The molecule has 0 bridgehead atoms. The summed E-state index contributed by atoms with van der Waals surface area (Å²) in [5.41, 5.74) is 7.30. The van der Waals surface area contributed by atoms with Crippen molar-refractivity contribution in [2.24, 2.45) is 10.7 Å². The molecule has 0 radical (unpaired) electrons. The molecule has 0 heterocycles. The lowest BCUT2D eigenvalue weighted by atomic mass is 9.64. The maximum Gasteiger partial charge on any atom is 0.191 e. The van der Waals surface area contributed by atoms with Gasteiger partial charge in [0.2, 0.25) is 0 Å². The molecule has 2 aliphatic carbocycles. The van der Waals surface area contributed by atoms with Gasteiger partial charge in [-0.25, -0.2) is 0 Å². The van der Waals surface area contributed by atoms with Gasteiger partial charge in [-0.15, -0.1) is 0 Å². The van der Waals surface area contributed by atoms with E-state index in [0.717, 1.165) is 23.4 Å². The molecule has 0 aliphatic heterocycles. The number of guanidine groups is 1. The third-order valence-electron chi connectivity index (χ3n) is 4.81. The van der Waals surface area contributed by atoms with Crippen LogP contribution in [0.4, 0.5) is 0 Å². The molecule has 0 atom stereocenters. The molecule has 0 aromatic heterocycles. The Bertz CT molecular complexity index is 563. The first-order chi connectivity index (χ1) is 10.0. The van der Waals surface area contributed by atoms with Crippen LogP contribution in [-0.4, -0.2) is 30.5 Å². The van der Waals surface area contributed by atoms with E-state index in [-0.39, 0.29) is 5.41 Å². The molecule has 3 nitrogen and oxygen atoms in total. The van der Waals surface area contributed by atoms with Crippen molar-refractivity contribution in [1.82, 2.24) is 4.90 Å². The second-order valence-electron chi connectivity index (χ2n) is 6.27. The highest BCUT2D eigenvalue weighted by Crippen LogP contribution is 2.47. The molecular weight excluding hydrogens is 305 g/mol. The molecule has 2 saturated carbocycles. The van der Waals surface area contributed by atoms with Crippen LogP contribution in [0.5, 0.6) is 0 Å². The van der Waals surface area contributed by atoms with Gasteiger partial charge in [-0.1, -0.05) is 35.7 Å². The van der Waals surface area contributed by atoms with Gasteiger partial charge in [0, 0.05) is 28.5 Å². The van der Waals surface area contributed by atoms with Crippen LogP contribution in [0.25, 0.3) is 0 Å². The Hall–Kier alpha value is -0.930. The summed E-state index contributed by atoms with van der Waals surface area (Å²) in [5, 5.41) is 1.42. The third kappa shape index (κ3) is 3.00. The van der Waals surface area contributed by atoms with Gasteiger partial charge >= 0.3 is 0 Å². The van der Waals surface area contributed by atoms with Crippen molar-refractivity contribution in [3.05, 3.63) is 33.8 Å². The first-order valence-electron chi connectivity index (χ1n) is 7.50. The summed E-state index contributed by atoms with van der Waals surface area (Å²) in [6, 6.07) is 6.36. The average Bonchev–Trinajstić information content (AvgIpc) is 3.22.